The molecule has 1 aromatic carbocycles. The summed E-state index contributed by atoms with van der Waals surface area (Å²) in [5, 5.41) is 0. The van der Waals surface area contributed by atoms with E-state index in [4.69, 9.17) is 5.73 Å². The molecule has 1 aliphatic heterocycles. The van der Waals surface area contributed by atoms with Crippen molar-refractivity contribution in [2.24, 2.45) is 11.7 Å². The molecule has 2 N–H and O–H groups in total. The number of likely N-dealkylation sites (tertiary alicyclic amines) is 1. The van der Waals surface area contributed by atoms with Crippen molar-refractivity contribution >= 4 is 5.91 Å². The first-order chi connectivity index (χ1) is 12.0. The second-order valence-electron chi connectivity index (χ2n) is 6.93. The zero-order chi connectivity index (χ0) is 18.0. The van der Waals surface area contributed by atoms with Crippen LogP contribution in [0.1, 0.15) is 26.0 Å². The van der Waals surface area contributed by atoms with Crippen molar-refractivity contribution in [3.05, 3.63) is 54.0 Å². The zero-order valence-corrected chi connectivity index (χ0v) is 14.7. The molecular weight excluding hydrogens is 317 g/mol. The van der Waals surface area contributed by atoms with E-state index in [2.05, 4.69) is 4.98 Å². The number of benzene rings is 1. The molecule has 2 atom stereocenters. The van der Waals surface area contributed by atoms with Crippen LogP contribution in [0.15, 0.2) is 42.5 Å². The van der Waals surface area contributed by atoms with Crippen LogP contribution in [-0.2, 0) is 11.2 Å². The molecule has 1 aromatic heterocycles. The molecule has 25 heavy (non-hydrogen) atoms. The van der Waals surface area contributed by atoms with Crippen LogP contribution >= 0.6 is 0 Å². The normalized spacial score (nSPS) is 20.3. The first kappa shape index (κ1) is 17.5. The lowest BCUT2D eigenvalue weighted by atomic mass is 10.0. The highest BCUT2D eigenvalue weighted by Gasteiger charge is 2.35. The summed E-state index contributed by atoms with van der Waals surface area (Å²) in [7, 11) is 0. The topological polar surface area (TPSA) is 59.2 Å². The highest BCUT2D eigenvalue weighted by molar-refractivity contribution is 5.79. The molecule has 2 unspecified atom stereocenters. The van der Waals surface area contributed by atoms with Gasteiger partial charge in [0.05, 0.1) is 11.7 Å². The van der Waals surface area contributed by atoms with Crippen molar-refractivity contribution in [2.75, 3.05) is 6.54 Å². The minimum Gasteiger partial charge on any atom is -0.337 e. The highest BCUT2D eigenvalue weighted by atomic mass is 19.1. The van der Waals surface area contributed by atoms with Gasteiger partial charge in [-0.05, 0) is 30.7 Å². The van der Waals surface area contributed by atoms with E-state index in [-0.39, 0.29) is 29.7 Å². The van der Waals surface area contributed by atoms with Gasteiger partial charge in [0.2, 0.25) is 5.91 Å². The molecule has 5 heteroatoms. The van der Waals surface area contributed by atoms with Gasteiger partial charge >= 0.3 is 0 Å². The molecule has 1 amide bonds. The van der Waals surface area contributed by atoms with Crippen LogP contribution in [0.2, 0.25) is 0 Å². The Hall–Kier alpha value is -2.27. The van der Waals surface area contributed by atoms with Crippen LogP contribution < -0.4 is 5.73 Å². The van der Waals surface area contributed by atoms with Gasteiger partial charge in [-0.25, -0.2) is 4.39 Å². The maximum absolute atomic E-state index is 13.5. The molecule has 2 heterocycles. The highest BCUT2D eigenvalue weighted by Crippen LogP contribution is 2.24. The van der Waals surface area contributed by atoms with Crippen LogP contribution in [0.5, 0.6) is 0 Å². The van der Waals surface area contributed by atoms with Gasteiger partial charge in [-0.3, -0.25) is 9.78 Å². The van der Waals surface area contributed by atoms with Crippen molar-refractivity contribution in [1.82, 2.24) is 9.88 Å². The number of pyridine rings is 1. The van der Waals surface area contributed by atoms with Crippen molar-refractivity contribution in [1.29, 1.82) is 0 Å². The molecule has 1 fully saturated rings. The summed E-state index contributed by atoms with van der Waals surface area (Å²) in [4.78, 5) is 19.0. The Morgan fingerprint density at radius 3 is 2.80 bits per heavy atom. The number of halogens is 1. The molecule has 0 radical (unpaired) electrons. The number of aromatic nitrogens is 1. The number of nitrogens with zero attached hydrogens (tertiary/aromatic N) is 2. The maximum Gasteiger partial charge on any atom is 0.225 e. The van der Waals surface area contributed by atoms with Crippen molar-refractivity contribution in [3.8, 4) is 11.3 Å². The molecule has 2 aromatic rings. The third-order valence-electron chi connectivity index (χ3n) is 4.72. The van der Waals surface area contributed by atoms with Crippen LogP contribution in [-0.4, -0.2) is 34.4 Å². The summed E-state index contributed by atoms with van der Waals surface area (Å²) in [5.41, 5.74) is 8.59. The van der Waals surface area contributed by atoms with E-state index in [1.54, 1.807) is 6.07 Å². The minimum absolute atomic E-state index is 0.0369. The van der Waals surface area contributed by atoms with E-state index in [1.807, 2.05) is 43.0 Å². The zero-order valence-electron chi connectivity index (χ0n) is 14.7. The van der Waals surface area contributed by atoms with Crippen molar-refractivity contribution in [3.63, 3.8) is 0 Å². The van der Waals surface area contributed by atoms with Gasteiger partial charge in [0.1, 0.15) is 5.82 Å². The summed E-state index contributed by atoms with van der Waals surface area (Å²) in [6, 6.07) is 12.0. The second kappa shape index (κ2) is 7.31. The summed E-state index contributed by atoms with van der Waals surface area (Å²) < 4.78 is 13.5. The summed E-state index contributed by atoms with van der Waals surface area (Å²) in [6.45, 7) is 4.52. The summed E-state index contributed by atoms with van der Waals surface area (Å²) in [5.74, 6) is -0.185. The monoisotopic (exact) mass is 341 g/mol. The van der Waals surface area contributed by atoms with E-state index in [1.165, 1.54) is 12.1 Å². The lowest BCUT2D eigenvalue weighted by molar-refractivity contribution is -0.135. The van der Waals surface area contributed by atoms with E-state index in [9.17, 15) is 9.18 Å². The predicted molar refractivity (Wildman–Crippen MR) is 96.3 cm³/mol. The average Bonchev–Trinajstić information content (AvgIpc) is 2.95. The Bertz CT molecular complexity index is 762. The van der Waals surface area contributed by atoms with Crippen molar-refractivity contribution < 1.29 is 9.18 Å². The molecule has 0 aliphatic carbocycles. The van der Waals surface area contributed by atoms with E-state index in [0.29, 0.717) is 13.0 Å². The maximum atomic E-state index is 13.5. The van der Waals surface area contributed by atoms with Crippen LogP contribution in [0, 0.1) is 11.7 Å². The third-order valence-corrected chi connectivity index (χ3v) is 4.72. The SMILES string of the molecule is CC(C)C(=O)N1CCC(N)C1Cc1cccc(-c2cccc(F)c2)n1. The predicted octanol–water partition coefficient (Wildman–Crippen LogP) is 3.01. The fourth-order valence-electron chi connectivity index (χ4n) is 3.36. The Morgan fingerprint density at radius 2 is 2.08 bits per heavy atom. The molecule has 3 rings (SSSR count). The van der Waals surface area contributed by atoms with Gasteiger partial charge in [-0.2, -0.15) is 0 Å². The fourth-order valence-corrected chi connectivity index (χ4v) is 3.36. The van der Waals surface area contributed by atoms with Gasteiger partial charge in [0, 0.05) is 36.2 Å². The van der Waals surface area contributed by atoms with Gasteiger partial charge < -0.3 is 10.6 Å². The Labute approximate surface area is 147 Å². The molecule has 0 saturated carbocycles. The Balaban J connectivity index is 1.82. The first-order valence-electron chi connectivity index (χ1n) is 8.73. The lowest BCUT2D eigenvalue weighted by Crippen LogP contribution is -2.45. The number of hydrogen-bond donors (Lipinski definition) is 1. The van der Waals surface area contributed by atoms with Crippen LogP contribution in [0.25, 0.3) is 11.3 Å². The van der Waals surface area contributed by atoms with Gasteiger partial charge in [-0.1, -0.05) is 32.0 Å². The number of hydrogen-bond acceptors (Lipinski definition) is 3. The Morgan fingerprint density at radius 1 is 1.32 bits per heavy atom. The lowest BCUT2D eigenvalue weighted by Gasteiger charge is -2.28. The second-order valence-corrected chi connectivity index (χ2v) is 6.93. The number of carbonyl (C=O) groups is 1. The smallest absolute Gasteiger partial charge is 0.225 e. The van der Waals surface area contributed by atoms with E-state index in [0.717, 1.165) is 23.4 Å². The molecule has 1 saturated heterocycles. The quantitative estimate of drug-likeness (QED) is 0.930. The molecule has 4 nitrogen and oxygen atoms in total. The van der Waals surface area contributed by atoms with E-state index >= 15 is 0 Å². The molecule has 132 valence electrons. The number of amides is 1. The van der Waals surface area contributed by atoms with Crippen LogP contribution in [0.4, 0.5) is 4.39 Å². The number of rotatable bonds is 4. The van der Waals surface area contributed by atoms with Gasteiger partial charge in [0.15, 0.2) is 0 Å². The summed E-state index contributed by atoms with van der Waals surface area (Å²) in [6.07, 6.45) is 1.43. The largest absolute Gasteiger partial charge is 0.337 e. The third kappa shape index (κ3) is 3.87. The van der Waals surface area contributed by atoms with Gasteiger partial charge in [-0.15, -0.1) is 0 Å². The van der Waals surface area contributed by atoms with E-state index < -0.39 is 0 Å². The number of nitrogens with two attached hydrogens (primary N) is 1. The number of carbonyl (C=O) groups excluding carboxylic acids is 1. The first-order valence-corrected chi connectivity index (χ1v) is 8.73. The molecule has 1 aliphatic rings. The Kier molecular flexibility index (Phi) is 5.13. The minimum atomic E-state index is -0.281. The molecule has 0 spiro atoms. The van der Waals surface area contributed by atoms with Crippen LogP contribution in [0.3, 0.4) is 0 Å². The van der Waals surface area contributed by atoms with Crippen molar-refractivity contribution in [2.45, 2.75) is 38.8 Å². The molecule has 0 bridgehead atoms. The molecular formula is C20H24FN3O. The fraction of sp³-hybridized carbons (Fsp3) is 0.400. The average molecular weight is 341 g/mol. The standard InChI is InChI=1S/C20H24FN3O/c1-13(2)20(25)24-10-9-17(22)19(24)12-16-7-4-8-18(23-16)14-5-3-6-15(21)11-14/h3-8,11,13,17,19H,9-10,12,22H2,1-2H3. The summed E-state index contributed by atoms with van der Waals surface area (Å²) >= 11 is 0. The van der Waals surface area contributed by atoms with Gasteiger partial charge in [0.25, 0.3) is 0 Å².